The molecule has 2 aromatic rings. The summed E-state index contributed by atoms with van der Waals surface area (Å²) in [5.74, 6) is 0.166. The van der Waals surface area contributed by atoms with Gasteiger partial charge in [0, 0.05) is 6.26 Å². The van der Waals surface area contributed by atoms with E-state index >= 15 is 0 Å². The Kier molecular flexibility index (Phi) is 3.81. The Bertz CT molecular complexity index is 863. The first-order valence-corrected chi connectivity index (χ1v) is 9.24. The topological polar surface area (TPSA) is 106 Å². The lowest BCUT2D eigenvalue weighted by molar-refractivity contribution is 0.390. The molecule has 7 nitrogen and oxygen atoms in total. The molecule has 2 rings (SSSR count). The fourth-order valence-corrected chi connectivity index (χ4v) is 3.90. The van der Waals surface area contributed by atoms with Crippen molar-refractivity contribution in [2.75, 3.05) is 11.0 Å². The van der Waals surface area contributed by atoms with Crippen molar-refractivity contribution < 1.29 is 21.4 Å². The predicted octanol–water partition coefficient (Wildman–Crippen LogP) is 1.50. The Hall–Kier alpha value is -1.87. The van der Waals surface area contributed by atoms with Gasteiger partial charge in [0.05, 0.1) is 10.6 Å². The fraction of sp³-hybridized carbons (Fsp3) is 0.250. The van der Waals surface area contributed by atoms with Gasteiger partial charge in [0.15, 0.2) is 20.5 Å². The van der Waals surface area contributed by atoms with E-state index in [1.165, 1.54) is 38.1 Å². The lowest BCUT2D eigenvalue weighted by Gasteiger charge is -2.08. The standard InChI is InChI=1S/C12H14N2O5S2/c1-8-12(9(2)19-13-8)21(17,18)14-10-5-4-6-11(7-10)20(3,15)16/h4-7,14H,1-3H3. The third-order valence-corrected chi connectivity index (χ3v) is 5.49. The summed E-state index contributed by atoms with van der Waals surface area (Å²) in [5.41, 5.74) is 0.386. The third-order valence-electron chi connectivity index (χ3n) is 2.75. The van der Waals surface area contributed by atoms with Crippen LogP contribution in [0.1, 0.15) is 11.5 Å². The molecule has 1 aromatic carbocycles. The average molecular weight is 330 g/mol. The molecule has 0 bridgehead atoms. The maximum Gasteiger partial charge on any atom is 0.267 e. The van der Waals surface area contributed by atoms with Gasteiger partial charge in [-0.1, -0.05) is 11.2 Å². The van der Waals surface area contributed by atoms with E-state index in [2.05, 4.69) is 9.88 Å². The van der Waals surface area contributed by atoms with Gasteiger partial charge < -0.3 is 4.52 Å². The quantitative estimate of drug-likeness (QED) is 0.910. The number of aromatic nitrogens is 1. The molecule has 9 heteroatoms. The Labute approximate surface area is 122 Å². The Morgan fingerprint density at radius 2 is 1.81 bits per heavy atom. The molecule has 1 N–H and O–H groups in total. The van der Waals surface area contributed by atoms with Crippen LogP contribution < -0.4 is 4.72 Å². The maximum atomic E-state index is 12.3. The van der Waals surface area contributed by atoms with Crippen LogP contribution in [0, 0.1) is 13.8 Å². The highest BCUT2D eigenvalue weighted by Gasteiger charge is 2.24. The van der Waals surface area contributed by atoms with E-state index in [0.29, 0.717) is 0 Å². The van der Waals surface area contributed by atoms with Crippen molar-refractivity contribution in [3.63, 3.8) is 0 Å². The number of nitrogens with zero attached hydrogens (tertiary/aromatic N) is 1. The first kappa shape index (κ1) is 15.5. The highest BCUT2D eigenvalue weighted by atomic mass is 32.2. The molecule has 1 aromatic heterocycles. The molecule has 0 saturated carbocycles. The number of sulfonamides is 1. The second kappa shape index (κ2) is 5.15. The zero-order chi connectivity index (χ0) is 15.8. The fourth-order valence-electron chi connectivity index (χ4n) is 1.85. The van der Waals surface area contributed by atoms with Crippen molar-refractivity contribution in [3.05, 3.63) is 35.7 Å². The van der Waals surface area contributed by atoms with Crippen LogP contribution in [-0.2, 0) is 19.9 Å². The summed E-state index contributed by atoms with van der Waals surface area (Å²) in [6.45, 7) is 3.00. The molecule has 0 aliphatic rings. The molecule has 0 fully saturated rings. The minimum absolute atomic E-state index is 0.0291. The Balaban J connectivity index is 2.43. The van der Waals surface area contributed by atoms with Gasteiger partial charge in [-0.15, -0.1) is 0 Å². The summed E-state index contributed by atoms with van der Waals surface area (Å²) < 4.78 is 54.7. The molecule has 114 valence electrons. The monoisotopic (exact) mass is 330 g/mol. The molecular formula is C12H14N2O5S2. The van der Waals surface area contributed by atoms with E-state index in [9.17, 15) is 16.8 Å². The summed E-state index contributed by atoms with van der Waals surface area (Å²) in [4.78, 5) is -0.0197. The normalized spacial score (nSPS) is 12.3. The minimum atomic E-state index is -3.89. The van der Waals surface area contributed by atoms with Crippen LogP contribution in [0.5, 0.6) is 0 Å². The van der Waals surface area contributed by atoms with Crippen LogP contribution in [0.3, 0.4) is 0 Å². The first-order chi connectivity index (χ1) is 9.61. The lowest BCUT2D eigenvalue weighted by Crippen LogP contribution is -2.14. The molecule has 0 radical (unpaired) electrons. The van der Waals surface area contributed by atoms with Crippen molar-refractivity contribution in [1.29, 1.82) is 0 Å². The summed E-state index contributed by atoms with van der Waals surface area (Å²) in [6.07, 6.45) is 1.05. The van der Waals surface area contributed by atoms with E-state index in [-0.39, 0.29) is 26.9 Å². The summed E-state index contributed by atoms with van der Waals surface area (Å²) in [6, 6.07) is 5.57. The van der Waals surface area contributed by atoms with Crippen molar-refractivity contribution in [1.82, 2.24) is 5.16 Å². The molecule has 21 heavy (non-hydrogen) atoms. The smallest absolute Gasteiger partial charge is 0.267 e. The van der Waals surface area contributed by atoms with Gasteiger partial charge in [-0.05, 0) is 32.0 Å². The van der Waals surface area contributed by atoms with E-state index < -0.39 is 19.9 Å². The van der Waals surface area contributed by atoms with E-state index in [1.807, 2.05) is 0 Å². The Morgan fingerprint density at radius 1 is 1.14 bits per heavy atom. The SMILES string of the molecule is Cc1noc(C)c1S(=O)(=O)Nc1cccc(S(C)(=O)=O)c1. The number of hydrogen-bond donors (Lipinski definition) is 1. The molecule has 0 unspecified atom stereocenters. The molecule has 1 heterocycles. The third kappa shape index (κ3) is 3.24. The maximum absolute atomic E-state index is 12.3. The number of anilines is 1. The molecule has 0 saturated heterocycles. The first-order valence-electron chi connectivity index (χ1n) is 5.87. The van der Waals surface area contributed by atoms with Gasteiger partial charge in [0.2, 0.25) is 0 Å². The van der Waals surface area contributed by atoms with E-state index in [4.69, 9.17) is 4.52 Å². The van der Waals surface area contributed by atoms with E-state index in [1.54, 1.807) is 0 Å². The van der Waals surface area contributed by atoms with Gasteiger partial charge in [-0.2, -0.15) is 0 Å². The van der Waals surface area contributed by atoms with Gasteiger partial charge in [-0.25, -0.2) is 16.8 Å². The molecule has 0 atom stereocenters. The van der Waals surface area contributed by atoms with Crippen LogP contribution in [0.15, 0.2) is 38.6 Å². The highest BCUT2D eigenvalue weighted by Crippen LogP contribution is 2.23. The van der Waals surface area contributed by atoms with Gasteiger partial charge in [0.25, 0.3) is 10.0 Å². The Morgan fingerprint density at radius 3 is 2.33 bits per heavy atom. The minimum Gasteiger partial charge on any atom is -0.360 e. The number of aryl methyl sites for hydroxylation is 2. The molecule has 0 aliphatic heterocycles. The lowest BCUT2D eigenvalue weighted by atomic mass is 10.3. The molecular weight excluding hydrogens is 316 g/mol. The number of sulfone groups is 1. The zero-order valence-electron chi connectivity index (χ0n) is 11.6. The van der Waals surface area contributed by atoms with Crippen LogP contribution >= 0.6 is 0 Å². The van der Waals surface area contributed by atoms with Gasteiger partial charge in [0.1, 0.15) is 5.69 Å². The second-order valence-corrected chi connectivity index (χ2v) is 8.19. The largest absolute Gasteiger partial charge is 0.360 e. The van der Waals surface area contributed by atoms with Crippen LogP contribution in [0.2, 0.25) is 0 Å². The van der Waals surface area contributed by atoms with Crippen LogP contribution in [0.25, 0.3) is 0 Å². The number of benzene rings is 1. The summed E-state index contributed by atoms with van der Waals surface area (Å²) >= 11 is 0. The average Bonchev–Trinajstić information content (AvgIpc) is 2.68. The molecule has 0 aliphatic carbocycles. The van der Waals surface area contributed by atoms with Crippen LogP contribution in [-0.4, -0.2) is 28.2 Å². The van der Waals surface area contributed by atoms with Crippen molar-refractivity contribution in [2.24, 2.45) is 0 Å². The van der Waals surface area contributed by atoms with Gasteiger partial charge in [-0.3, -0.25) is 4.72 Å². The highest BCUT2D eigenvalue weighted by molar-refractivity contribution is 7.93. The molecule has 0 spiro atoms. The zero-order valence-corrected chi connectivity index (χ0v) is 13.2. The van der Waals surface area contributed by atoms with Crippen LogP contribution in [0.4, 0.5) is 5.69 Å². The van der Waals surface area contributed by atoms with Crippen molar-refractivity contribution in [3.8, 4) is 0 Å². The predicted molar refractivity (Wildman–Crippen MR) is 76.3 cm³/mol. The van der Waals surface area contributed by atoms with Crippen molar-refractivity contribution >= 4 is 25.5 Å². The summed E-state index contributed by atoms with van der Waals surface area (Å²) in [7, 11) is -7.31. The number of rotatable bonds is 4. The molecule has 0 amide bonds. The van der Waals surface area contributed by atoms with E-state index in [0.717, 1.165) is 6.26 Å². The number of nitrogens with one attached hydrogen (secondary N) is 1. The van der Waals surface area contributed by atoms with Crippen molar-refractivity contribution in [2.45, 2.75) is 23.6 Å². The summed E-state index contributed by atoms with van der Waals surface area (Å²) in [5, 5.41) is 3.59. The second-order valence-electron chi connectivity index (χ2n) is 4.56. The number of hydrogen-bond acceptors (Lipinski definition) is 6. The van der Waals surface area contributed by atoms with Gasteiger partial charge >= 0.3 is 0 Å².